The molecule has 0 radical (unpaired) electrons. The highest BCUT2D eigenvalue weighted by Crippen LogP contribution is 2.28. The Morgan fingerprint density at radius 2 is 2.33 bits per heavy atom. The predicted molar refractivity (Wildman–Crippen MR) is 64.7 cm³/mol. The second kappa shape index (κ2) is 4.80. The molecule has 0 bridgehead atoms. The molecule has 2 nitrogen and oxygen atoms in total. The molecule has 0 aliphatic heterocycles. The molecule has 0 atom stereocenters. The molecule has 0 unspecified atom stereocenters. The van der Waals surface area contributed by atoms with Crippen molar-refractivity contribution in [1.82, 2.24) is 4.90 Å². The Kier molecular flexibility index (Phi) is 3.42. The summed E-state index contributed by atoms with van der Waals surface area (Å²) in [5.41, 5.74) is 5.33. The van der Waals surface area contributed by atoms with E-state index in [0.29, 0.717) is 6.54 Å². The Balaban J connectivity index is 1.94. The summed E-state index contributed by atoms with van der Waals surface area (Å²) >= 11 is 1.78. The molecule has 1 aliphatic carbocycles. The molecular weight excluding hydrogens is 204 g/mol. The first-order valence-electron chi connectivity index (χ1n) is 5.27. The van der Waals surface area contributed by atoms with Crippen LogP contribution in [0.2, 0.25) is 0 Å². The van der Waals surface area contributed by atoms with Crippen LogP contribution in [0.5, 0.6) is 0 Å². The van der Waals surface area contributed by atoms with E-state index in [1.54, 1.807) is 11.3 Å². The quantitative estimate of drug-likeness (QED) is 0.785. The van der Waals surface area contributed by atoms with Crippen LogP contribution in [-0.4, -0.2) is 24.5 Å². The fourth-order valence-electron chi connectivity index (χ4n) is 1.56. The molecule has 3 heteroatoms. The van der Waals surface area contributed by atoms with E-state index in [9.17, 15) is 0 Å². The summed E-state index contributed by atoms with van der Waals surface area (Å²) in [6, 6.07) is 5.08. The molecule has 0 aromatic carbocycles. The Morgan fingerprint density at radius 1 is 1.53 bits per heavy atom. The minimum absolute atomic E-state index is 0.440. The van der Waals surface area contributed by atoms with Crippen molar-refractivity contribution in [2.24, 2.45) is 5.73 Å². The highest BCUT2D eigenvalue weighted by atomic mass is 32.1. The zero-order valence-electron chi connectivity index (χ0n) is 8.99. The van der Waals surface area contributed by atoms with Crippen LogP contribution in [0.1, 0.15) is 22.6 Å². The Morgan fingerprint density at radius 3 is 3.00 bits per heavy atom. The van der Waals surface area contributed by atoms with Crippen molar-refractivity contribution in [3.8, 4) is 11.8 Å². The lowest BCUT2D eigenvalue weighted by atomic mass is 10.4. The fourth-order valence-corrected chi connectivity index (χ4v) is 2.50. The summed E-state index contributed by atoms with van der Waals surface area (Å²) in [6.07, 6.45) is 2.73. The molecule has 80 valence electrons. The van der Waals surface area contributed by atoms with Crippen LogP contribution in [0, 0.1) is 11.8 Å². The van der Waals surface area contributed by atoms with Gasteiger partial charge in [0.1, 0.15) is 0 Å². The monoisotopic (exact) mass is 220 g/mol. The molecule has 1 aliphatic rings. The van der Waals surface area contributed by atoms with E-state index in [1.165, 1.54) is 17.7 Å². The van der Waals surface area contributed by atoms with Crippen molar-refractivity contribution in [2.45, 2.75) is 25.4 Å². The molecule has 2 N–H and O–H groups in total. The number of hydrogen-bond donors (Lipinski definition) is 1. The normalized spacial score (nSPS) is 15.1. The maximum Gasteiger partial charge on any atom is 0.0772 e. The second-order valence-corrected chi connectivity index (χ2v) is 5.09. The molecule has 1 saturated carbocycles. The number of hydrogen-bond acceptors (Lipinski definition) is 3. The Labute approximate surface area is 95.1 Å². The van der Waals surface area contributed by atoms with Crippen LogP contribution in [-0.2, 0) is 6.54 Å². The van der Waals surface area contributed by atoms with E-state index in [4.69, 9.17) is 5.73 Å². The average Bonchev–Trinajstić information content (AvgIpc) is 2.99. The third kappa shape index (κ3) is 3.07. The van der Waals surface area contributed by atoms with Crippen LogP contribution in [0.25, 0.3) is 0 Å². The van der Waals surface area contributed by atoms with Crippen molar-refractivity contribution < 1.29 is 0 Å². The van der Waals surface area contributed by atoms with E-state index < -0.39 is 0 Å². The zero-order chi connectivity index (χ0) is 10.7. The third-order valence-electron chi connectivity index (χ3n) is 2.55. The van der Waals surface area contributed by atoms with Crippen LogP contribution in [0.4, 0.5) is 0 Å². The van der Waals surface area contributed by atoms with Crippen molar-refractivity contribution in [2.75, 3.05) is 13.6 Å². The summed E-state index contributed by atoms with van der Waals surface area (Å²) in [6.45, 7) is 1.49. The van der Waals surface area contributed by atoms with Gasteiger partial charge in [-0.3, -0.25) is 4.90 Å². The first kappa shape index (κ1) is 10.7. The summed E-state index contributed by atoms with van der Waals surface area (Å²) < 4.78 is 0. The van der Waals surface area contributed by atoms with Crippen molar-refractivity contribution >= 4 is 11.3 Å². The fraction of sp³-hybridized carbons (Fsp3) is 0.500. The van der Waals surface area contributed by atoms with E-state index in [2.05, 4.69) is 35.9 Å². The standard InChI is InChI=1S/C12H16N2S/c1-14(10-4-5-10)9-12-7-6-11(15-12)3-2-8-13/h6-7,10H,4-5,8-9,13H2,1H3. The first-order valence-corrected chi connectivity index (χ1v) is 6.09. The predicted octanol–water partition coefficient (Wildman–Crippen LogP) is 1.65. The highest BCUT2D eigenvalue weighted by Gasteiger charge is 2.25. The van der Waals surface area contributed by atoms with Gasteiger partial charge in [-0.1, -0.05) is 11.8 Å². The van der Waals surface area contributed by atoms with E-state index >= 15 is 0 Å². The van der Waals surface area contributed by atoms with Crippen molar-refractivity contribution in [1.29, 1.82) is 0 Å². The van der Waals surface area contributed by atoms with Crippen molar-refractivity contribution in [3.05, 3.63) is 21.9 Å². The van der Waals surface area contributed by atoms with Gasteiger partial charge in [-0.15, -0.1) is 11.3 Å². The smallest absolute Gasteiger partial charge is 0.0772 e. The maximum atomic E-state index is 5.33. The minimum Gasteiger partial charge on any atom is -0.320 e. The van der Waals surface area contributed by atoms with Gasteiger partial charge in [-0.05, 0) is 32.0 Å². The molecule has 15 heavy (non-hydrogen) atoms. The van der Waals surface area contributed by atoms with Gasteiger partial charge in [0.15, 0.2) is 0 Å². The Hall–Kier alpha value is -0.820. The van der Waals surface area contributed by atoms with Gasteiger partial charge >= 0.3 is 0 Å². The maximum absolute atomic E-state index is 5.33. The largest absolute Gasteiger partial charge is 0.320 e. The molecule has 1 fully saturated rings. The minimum atomic E-state index is 0.440. The number of nitrogens with two attached hydrogens (primary N) is 1. The average molecular weight is 220 g/mol. The lowest BCUT2D eigenvalue weighted by molar-refractivity contribution is 0.319. The second-order valence-electron chi connectivity index (χ2n) is 3.92. The van der Waals surface area contributed by atoms with Gasteiger partial charge in [0, 0.05) is 17.5 Å². The van der Waals surface area contributed by atoms with Gasteiger partial charge in [0.2, 0.25) is 0 Å². The molecular formula is C12H16N2S. The van der Waals surface area contributed by atoms with Crippen molar-refractivity contribution in [3.63, 3.8) is 0 Å². The van der Waals surface area contributed by atoms with Gasteiger partial charge < -0.3 is 5.73 Å². The lowest BCUT2D eigenvalue weighted by Crippen LogP contribution is -2.19. The van der Waals surface area contributed by atoms with Gasteiger partial charge in [-0.2, -0.15) is 0 Å². The number of rotatable bonds is 3. The number of nitrogens with zero attached hydrogens (tertiary/aromatic N) is 1. The zero-order valence-corrected chi connectivity index (χ0v) is 9.81. The van der Waals surface area contributed by atoms with Crippen LogP contribution < -0.4 is 5.73 Å². The molecule has 0 spiro atoms. The molecule has 1 heterocycles. The summed E-state index contributed by atoms with van der Waals surface area (Å²) in [4.78, 5) is 4.94. The van der Waals surface area contributed by atoms with E-state index in [-0.39, 0.29) is 0 Å². The Bertz CT molecular complexity index is 382. The van der Waals surface area contributed by atoms with Crippen LogP contribution in [0.3, 0.4) is 0 Å². The summed E-state index contributed by atoms with van der Waals surface area (Å²) in [7, 11) is 2.20. The first-order chi connectivity index (χ1) is 7.29. The van der Waals surface area contributed by atoms with Gasteiger partial charge in [0.05, 0.1) is 11.4 Å². The summed E-state index contributed by atoms with van der Waals surface area (Å²) in [5.74, 6) is 5.95. The summed E-state index contributed by atoms with van der Waals surface area (Å²) in [5, 5.41) is 0. The highest BCUT2D eigenvalue weighted by molar-refractivity contribution is 7.12. The molecule has 0 saturated heterocycles. The topological polar surface area (TPSA) is 29.3 Å². The third-order valence-corrected chi connectivity index (χ3v) is 3.54. The molecule has 0 amide bonds. The van der Waals surface area contributed by atoms with Gasteiger partial charge in [0.25, 0.3) is 0 Å². The van der Waals surface area contributed by atoms with Crippen LogP contribution >= 0.6 is 11.3 Å². The molecule has 1 aromatic heterocycles. The lowest BCUT2D eigenvalue weighted by Gasteiger charge is -2.13. The van der Waals surface area contributed by atoms with E-state index in [1.807, 2.05) is 0 Å². The molecule has 2 rings (SSSR count). The van der Waals surface area contributed by atoms with Crippen LogP contribution in [0.15, 0.2) is 12.1 Å². The van der Waals surface area contributed by atoms with E-state index in [0.717, 1.165) is 17.5 Å². The number of thiophene rings is 1. The molecule has 1 aromatic rings. The SMILES string of the molecule is CN(Cc1ccc(C#CCN)s1)C1CC1. The van der Waals surface area contributed by atoms with Gasteiger partial charge in [-0.25, -0.2) is 0 Å².